The van der Waals surface area contributed by atoms with Crippen LogP contribution in [0, 0.1) is 5.41 Å². The van der Waals surface area contributed by atoms with Crippen LogP contribution in [-0.4, -0.2) is 20.6 Å². The standard InChI is InChI=1S/C15H18N2O3/c1-15(2)6-5-10(8-15)17-12-7-9(13(18)19)3-4-11(12)16-14(17)20/h3-4,7,10H,5-6,8H2,1-2H3,(H,16,20)(H,18,19). The molecule has 5 nitrogen and oxygen atoms in total. The van der Waals surface area contributed by atoms with Crippen LogP contribution in [0.25, 0.3) is 11.0 Å². The van der Waals surface area contributed by atoms with E-state index in [9.17, 15) is 9.59 Å². The lowest BCUT2D eigenvalue weighted by atomic mass is 9.92. The van der Waals surface area contributed by atoms with Crippen molar-refractivity contribution in [3.05, 3.63) is 34.2 Å². The topological polar surface area (TPSA) is 75.1 Å². The predicted octanol–water partition coefficient (Wildman–Crippen LogP) is 2.78. The zero-order chi connectivity index (χ0) is 14.5. The highest BCUT2D eigenvalue weighted by atomic mass is 16.4. The SMILES string of the molecule is CC1(C)CCC(n2c(=O)[nH]c3ccc(C(=O)O)cc32)C1. The zero-order valence-corrected chi connectivity index (χ0v) is 11.6. The molecule has 20 heavy (non-hydrogen) atoms. The first-order chi connectivity index (χ1) is 9.37. The number of benzene rings is 1. The summed E-state index contributed by atoms with van der Waals surface area (Å²) < 4.78 is 1.73. The molecular weight excluding hydrogens is 256 g/mol. The van der Waals surface area contributed by atoms with Gasteiger partial charge in [-0.3, -0.25) is 4.57 Å². The van der Waals surface area contributed by atoms with E-state index in [2.05, 4.69) is 18.8 Å². The van der Waals surface area contributed by atoms with Crippen LogP contribution in [0.15, 0.2) is 23.0 Å². The number of carbonyl (C=O) groups is 1. The van der Waals surface area contributed by atoms with Crippen LogP contribution in [0.4, 0.5) is 0 Å². The van der Waals surface area contributed by atoms with E-state index in [0.717, 1.165) is 19.3 Å². The van der Waals surface area contributed by atoms with Crippen molar-refractivity contribution in [1.82, 2.24) is 9.55 Å². The van der Waals surface area contributed by atoms with Crippen molar-refractivity contribution in [2.45, 2.75) is 39.2 Å². The Morgan fingerprint density at radius 1 is 1.45 bits per heavy atom. The monoisotopic (exact) mass is 274 g/mol. The maximum atomic E-state index is 12.2. The average molecular weight is 274 g/mol. The van der Waals surface area contributed by atoms with Gasteiger partial charge in [0.2, 0.25) is 0 Å². The van der Waals surface area contributed by atoms with Crippen LogP contribution in [0.1, 0.15) is 49.5 Å². The smallest absolute Gasteiger partial charge is 0.335 e. The lowest BCUT2D eigenvalue weighted by Crippen LogP contribution is -2.21. The predicted molar refractivity (Wildman–Crippen MR) is 76.2 cm³/mol. The average Bonchev–Trinajstić information content (AvgIpc) is 2.86. The van der Waals surface area contributed by atoms with Crippen LogP contribution in [0.5, 0.6) is 0 Å². The molecule has 5 heteroatoms. The number of aromatic nitrogens is 2. The number of hydrogen-bond acceptors (Lipinski definition) is 2. The second kappa shape index (κ2) is 4.23. The summed E-state index contributed by atoms with van der Waals surface area (Å²) in [6.07, 6.45) is 2.98. The Morgan fingerprint density at radius 3 is 2.80 bits per heavy atom. The molecule has 0 spiro atoms. The molecule has 0 bridgehead atoms. The van der Waals surface area contributed by atoms with E-state index in [0.29, 0.717) is 11.0 Å². The lowest BCUT2D eigenvalue weighted by Gasteiger charge is -2.17. The van der Waals surface area contributed by atoms with E-state index in [1.807, 2.05) is 0 Å². The van der Waals surface area contributed by atoms with Crippen LogP contribution in [-0.2, 0) is 0 Å². The van der Waals surface area contributed by atoms with E-state index in [1.54, 1.807) is 16.7 Å². The van der Waals surface area contributed by atoms with Crippen molar-refractivity contribution in [2.75, 3.05) is 0 Å². The lowest BCUT2D eigenvalue weighted by molar-refractivity contribution is 0.0697. The summed E-state index contributed by atoms with van der Waals surface area (Å²) in [7, 11) is 0. The highest BCUT2D eigenvalue weighted by molar-refractivity contribution is 5.92. The van der Waals surface area contributed by atoms with Crippen LogP contribution in [0.3, 0.4) is 0 Å². The molecule has 1 aliphatic rings. The van der Waals surface area contributed by atoms with Crippen molar-refractivity contribution < 1.29 is 9.90 Å². The van der Waals surface area contributed by atoms with E-state index in [4.69, 9.17) is 5.11 Å². The maximum Gasteiger partial charge on any atom is 0.335 e. The third-order valence-corrected chi connectivity index (χ3v) is 4.27. The van der Waals surface area contributed by atoms with Gasteiger partial charge in [-0.25, -0.2) is 9.59 Å². The minimum Gasteiger partial charge on any atom is -0.478 e. The molecular formula is C15H18N2O3. The third kappa shape index (κ3) is 2.03. The summed E-state index contributed by atoms with van der Waals surface area (Å²) in [5.74, 6) is -0.973. The molecule has 0 saturated heterocycles. The van der Waals surface area contributed by atoms with Gasteiger partial charge in [0.25, 0.3) is 0 Å². The van der Waals surface area contributed by atoms with Crippen molar-refractivity contribution in [3.8, 4) is 0 Å². The summed E-state index contributed by atoms with van der Waals surface area (Å²) in [6.45, 7) is 4.41. The molecule has 1 aromatic heterocycles. The van der Waals surface area contributed by atoms with Crippen molar-refractivity contribution in [3.63, 3.8) is 0 Å². The number of aromatic carboxylic acids is 1. The number of hydrogen-bond donors (Lipinski definition) is 2. The van der Waals surface area contributed by atoms with Gasteiger partial charge in [0.1, 0.15) is 0 Å². The molecule has 3 rings (SSSR count). The molecule has 1 unspecified atom stereocenters. The summed E-state index contributed by atoms with van der Waals surface area (Å²) in [4.78, 5) is 26.1. The van der Waals surface area contributed by atoms with E-state index >= 15 is 0 Å². The minimum absolute atomic E-state index is 0.148. The summed E-state index contributed by atoms with van der Waals surface area (Å²) >= 11 is 0. The normalized spacial score (nSPS) is 21.4. The number of carboxylic acid groups (broad SMARTS) is 1. The molecule has 1 fully saturated rings. The van der Waals surface area contributed by atoms with Crippen molar-refractivity contribution >= 4 is 17.0 Å². The molecule has 0 amide bonds. The first-order valence-corrected chi connectivity index (χ1v) is 6.85. The van der Waals surface area contributed by atoms with Gasteiger partial charge in [-0.05, 0) is 42.9 Å². The van der Waals surface area contributed by atoms with Gasteiger partial charge >= 0.3 is 11.7 Å². The molecule has 106 valence electrons. The number of nitrogens with zero attached hydrogens (tertiary/aromatic N) is 1. The van der Waals surface area contributed by atoms with Gasteiger partial charge in [-0.2, -0.15) is 0 Å². The van der Waals surface area contributed by atoms with Gasteiger partial charge in [-0.15, -0.1) is 0 Å². The highest BCUT2D eigenvalue weighted by Crippen LogP contribution is 2.43. The molecule has 2 N–H and O–H groups in total. The number of carboxylic acids is 1. The fourth-order valence-electron chi connectivity index (χ4n) is 3.24. The molecule has 1 atom stereocenters. The molecule has 2 aromatic rings. The second-order valence-electron chi connectivity index (χ2n) is 6.40. The fraction of sp³-hybridized carbons (Fsp3) is 0.467. The second-order valence-corrected chi connectivity index (χ2v) is 6.40. The quantitative estimate of drug-likeness (QED) is 0.884. The van der Waals surface area contributed by atoms with Crippen molar-refractivity contribution in [2.24, 2.45) is 5.41 Å². The minimum atomic E-state index is -0.973. The van der Waals surface area contributed by atoms with E-state index in [1.165, 1.54) is 6.07 Å². The highest BCUT2D eigenvalue weighted by Gasteiger charge is 2.33. The van der Waals surface area contributed by atoms with Crippen LogP contribution in [0.2, 0.25) is 0 Å². The van der Waals surface area contributed by atoms with E-state index < -0.39 is 5.97 Å². The van der Waals surface area contributed by atoms with Gasteiger partial charge in [0.15, 0.2) is 0 Å². The fourth-order valence-corrected chi connectivity index (χ4v) is 3.24. The van der Waals surface area contributed by atoms with Crippen LogP contribution < -0.4 is 5.69 Å². The summed E-state index contributed by atoms with van der Waals surface area (Å²) in [6, 6.07) is 4.91. The van der Waals surface area contributed by atoms with Gasteiger partial charge in [-0.1, -0.05) is 13.8 Å². The summed E-state index contributed by atoms with van der Waals surface area (Å²) in [5, 5.41) is 9.09. The molecule has 0 radical (unpaired) electrons. The summed E-state index contributed by atoms with van der Waals surface area (Å²) in [5.41, 5.74) is 1.69. The number of nitrogens with one attached hydrogen (secondary N) is 1. The molecule has 0 aliphatic heterocycles. The van der Waals surface area contributed by atoms with Crippen LogP contribution >= 0.6 is 0 Å². The first-order valence-electron chi connectivity index (χ1n) is 6.85. The molecule has 1 aliphatic carbocycles. The Morgan fingerprint density at radius 2 is 2.20 bits per heavy atom. The number of fused-ring (bicyclic) bond motifs is 1. The van der Waals surface area contributed by atoms with Gasteiger partial charge in [0, 0.05) is 6.04 Å². The number of aromatic amines is 1. The Hall–Kier alpha value is -2.04. The van der Waals surface area contributed by atoms with Crippen molar-refractivity contribution in [1.29, 1.82) is 0 Å². The zero-order valence-electron chi connectivity index (χ0n) is 11.6. The van der Waals surface area contributed by atoms with Gasteiger partial charge < -0.3 is 10.1 Å². The number of imidazole rings is 1. The van der Waals surface area contributed by atoms with Gasteiger partial charge in [0.05, 0.1) is 16.6 Å². The Labute approximate surface area is 116 Å². The maximum absolute atomic E-state index is 12.2. The molecule has 1 heterocycles. The number of rotatable bonds is 2. The van der Waals surface area contributed by atoms with E-state index in [-0.39, 0.29) is 22.7 Å². The molecule has 1 aromatic carbocycles. The Bertz CT molecular complexity index is 739. The first kappa shape index (κ1) is 13.0. The molecule has 1 saturated carbocycles. The Kier molecular flexibility index (Phi) is 2.74. The third-order valence-electron chi connectivity index (χ3n) is 4.27. The number of H-pyrrole nitrogens is 1. The largest absolute Gasteiger partial charge is 0.478 e. The Balaban J connectivity index is 2.15.